The second-order valence-electron chi connectivity index (χ2n) is 6.48. The summed E-state index contributed by atoms with van der Waals surface area (Å²) in [5, 5.41) is 27.3. The Kier molecular flexibility index (Phi) is 4.64. The third kappa shape index (κ3) is 3.32. The van der Waals surface area contributed by atoms with Gasteiger partial charge in [0, 0.05) is 13.1 Å². The quantitative estimate of drug-likeness (QED) is 0.756. The van der Waals surface area contributed by atoms with E-state index < -0.39 is 17.5 Å². The molecule has 128 valence electrons. The topological polar surface area (TPSA) is 102 Å². The lowest BCUT2D eigenvalue weighted by atomic mass is 9.73. The first-order valence-corrected chi connectivity index (χ1v) is 8.05. The van der Waals surface area contributed by atoms with Crippen molar-refractivity contribution in [2.24, 2.45) is 5.41 Å². The summed E-state index contributed by atoms with van der Waals surface area (Å²) in [6.45, 7) is 3.19. The zero-order valence-corrected chi connectivity index (χ0v) is 13.6. The van der Waals surface area contributed by atoms with Gasteiger partial charge in [0.1, 0.15) is 11.2 Å². The number of nitrogens with zero attached hydrogens (tertiary/aromatic N) is 3. The average molecular weight is 330 g/mol. The molecule has 1 fully saturated rings. The van der Waals surface area contributed by atoms with E-state index in [-0.39, 0.29) is 6.54 Å². The highest BCUT2D eigenvalue weighted by molar-refractivity contribution is 5.76. The number of aryl methyl sites for hydroxylation is 1. The van der Waals surface area contributed by atoms with E-state index in [0.717, 1.165) is 11.4 Å². The van der Waals surface area contributed by atoms with E-state index in [2.05, 4.69) is 15.2 Å². The Morgan fingerprint density at radius 3 is 2.79 bits per heavy atom. The number of nitrogens with one attached hydrogen (secondary N) is 1. The number of rotatable bonds is 5. The molecule has 24 heavy (non-hydrogen) atoms. The largest absolute Gasteiger partial charge is 0.481 e. The zero-order valence-electron chi connectivity index (χ0n) is 13.6. The lowest BCUT2D eigenvalue weighted by Gasteiger charge is -2.43. The molecule has 1 aromatic carbocycles. The number of carboxylic acids is 1. The van der Waals surface area contributed by atoms with Crippen LogP contribution in [-0.2, 0) is 17.8 Å². The summed E-state index contributed by atoms with van der Waals surface area (Å²) in [4.78, 5) is 18.4. The molecular weight excluding hydrogens is 308 g/mol. The minimum absolute atomic E-state index is 0.270. The number of hydrogen-bond donors (Lipinski definition) is 3. The molecule has 0 bridgehead atoms. The Hall–Kier alpha value is -2.25. The maximum Gasteiger partial charge on any atom is 0.313 e. The molecule has 2 aromatic rings. The fourth-order valence-electron chi connectivity index (χ4n) is 3.38. The van der Waals surface area contributed by atoms with Gasteiger partial charge in [-0.25, -0.2) is 4.98 Å². The van der Waals surface area contributed by atoms with Gasteiger partial charge in [-0.3, -0.25) is 14.8 Å². The number of H-pyrrole nitrogens is 1. The van der Waals surface area contributed by atoms with E-state index in [1.165, 1.54) is 0 Å². The summed E-state index contributed by atoms with van der Waals surface area (Å²) >= 11 is 0. The van der Waals surface area contributed by atoms with Crippen molar-refractivity contribution >= 4 is 5.97 Å². The smallest absolute Gasteiger partial charge is 0.313 e. The van der Waals surface area contributed by atoms with Crippen LogP contribution >= 0.6 is 0 Å². The summed E-state index contributed by atoms with van der Waals surface area (Å²) in [6, 6.07) is 9.46. The summed E-state index contributed by atoms with van der Waals surface area (Å²) in [5.41, 5.74) is -0.306. The maximum absolute atomic E-state index is 12.1. The Bertz CT molecular complexity index is 703. The normalized spacial score (nSPS) is 24.8. The molecule has 0 radical (unpaired) electrons. The number of benzene rings is 1. The molecule has 0 amide bonds. The first-order valence-electron chi connectivity index (χ1n) is 8.05. The molecule has 1 aliphatic rings. The van der Waals surface area contributed by atoms with E-state index in [1.807, 2.05) is 42.2 Å². The van der Waals surface area contributed by atoms with Gasteiger partial charge in [-0.1, -0.05) is 30.3 Å². The number of aliphatic hydroxyl groups excluding tert-OH is 1. The highest BCUT2D eigenvalue weighted by Crippen LogP contribution is 2.35. The van der Waals surface area contributed by atoms with E-state index in [1.54, 1.807) is 0 Å². The monoisotopic (exact) mass is 330 g/mol. The maximum atomic E-state index is 12.1. The Morgan fingerprint density at radius 2 is 2.17 bits per heavy atom. The van der Waals surface area contributed by atoms with Crippen molar-refractivity contribution in [2.75, 3.05) is 13.1 Å². The van der Waals surface area contributed by atoms with Gasteiger partial charge in [-0.15, -0.1) is 0 Å². The minimum Gasteiger partial charge on any atom is -0.481 e. The van der Waals surface area contributed by atoms with Gasteiger partial charge in [0.2, 0.25) is 0 Å². The third-order valence-electron chi connectivity index (χ3n) is 4.66. The molecule has 7 heteroatoms. The number of aliphatic carboxylic acids is 1. The molecule has 1 aromatic heterocycles. The van der Waals surface area contributed by atoms with Crippen molar-refractivity contribution in [3.8, 4) is 0 Å². The third-order valence-corrected chi connectivity index (χ3v) is 4.66. The number of piperidine rings is 1. The number of likely N-dealkylation sites (tertiary alicyclic amines) is 1. The van der Waals surface area contributed by atoms with Crippen LogP contribution in [0.1, 0.15) is 23.6 Å². The van der Waals surface area contributed by atoms with Gasteiger partial charge in [0.25, 0.3) is 0 Å². The van der Waals surface area contributed by atoms with Gasteiger partial charge < -0.3 is 10.2 Å². The number of carbonyl (C=O) groups is 1. The van der Waals surface area contributed by atoms with Gasteiger partial charge in [0.15, 0.2) is 5.82 Å². The van der Waals surface area contributed by atoms with E-state index >= 15 is 0 Å². The second kappa shape index (κ2) is 6.70. The van der Waals surface area contributed by atoms with E-state index in [9.17, 15) is 15.0 Å². The fraction of sp³-hybridized carbons (Fsp3) is 0.471. The van der Waals surface area contributed by atoms with Crippen molar-refractivity contribution in [1.82, 2.24) is 20.1 Å². The predicted octanol–water partition coefficient (Wildman–Crippen LogP) is 0.993. The first-order chi connectivity index (χ1) is 11.5. The van der Waals surface area contributed by atoms with Crippen LogP contribution in [0.4, 0.5) is 0 Å². The Labute approximate surface area is 140 Å². The number of carboxylic acid groups (broad SMARTS) is 1. The molecule has 0 unspecified atom stereocenters. The molecule has 0 aliphatic carbocycles. The van der Waals surface area contributed by atoms with Crippen LogP contribution in [0.3, 0.4) is 0 Å². The second-order valence-corrected chi connectivity index (χ2v) is 6.48. The molecule has 2 atom stereocenters. The van der Waals surface area contributed by atoms with E-state index in [0.29, 0.717) is 31.8 Å². The number of hydrogen-bond acceptors (Lipinski definition) is 5. The molecule has 0 saturated carbocycles. The van der Waals surface area contributed by atoms with Gasteiger partial charge in [-0.05, 0) is 25.3 Å². The molecule has 3 N–H and O–H groups in total. The summed E-state index contributed by atoms with van der Waals surface area (Å²) in [5.74, 6) is 0.411. The molecular formula is C17H22N4O3. The standard InChI is InChI=1S/C17H22N4O3/c1-12-18-15(20-19-12)10-21-8-7-14(22)17(11-21,16(23)24)9-13-5-3-2-4-6-13/h2-6,14,22H,7-11H2,1H3,(H,23,24)(H,18,19,20)/t14-,17+/m0/s1. The number of aromatic amines is 1. The van der Waals surface area contributed by atoms with E-state index in [4.69, 9.17) is 0 Å². The van der Waals surface area contributed by atoms with Crippen molar-refractivity contribution in [1.29, 1.82) is 0 Å². The molecule has 0 spiro atoms. The fourth-order valence-corrected chi connectivity index (χ4v) is 3.38. The lowest BCUT2D eigenvalue weighted by molar-refractivity contribution is -0.163. The van der Waals surface area contributed by atoms with Gasteiger partial charge >= 0.3 is 5.97 Å². The van der Waals surface area contributed by atoms with Crippen LogP contribution in [0, 0.1) is 12.3 Å². The van der Waals surface area contributed by atoms with Crippen LogP contribution in [0.15, 0.2) is 30.3 Å². The van der Waals surface area contributed by atoms with Crippen LogP contribution in [0.5, 0.6) is 0 Å². The van der Waals surface area contributed by atoms with Crippen molar-refractivity contribution in [2.45, 2.75) is 32.4 Å². The predicted molar refractivity (Wildman–Crippen MR) is 87.2 cm³/mol. The molecule has 7 nitrogen and oxygen atoms in total. The van der Waals surface area contributed by atoms with Crippen LogP contribution in [-0.4, -0.2) is 55.5 Å². The highest BCUT2D eigenvalue weighted by atomic mass is 16.4. The Morgan fingerprint density at radius 1 is 1.42 bits per heavy atom. The van der Waals surface area contributed by atoms with Crippen molar-refractivity contribution in [3.05, 3.63) is 47.5 Å². The van der Waals surface area contributed by atoms with Crippen molar-refractivity contribution in [3.63, 3.8) is 0 Å². The number of aliphatic hydroxyl groups is 1. The summed E-state index contributed by atoms with van der Waals surface area (Å²) in [6.07, 6.45) is -0.156. The highest BCUT2D eigenvalue weighted by Gasteiger charge is 2.49. The van der Waals surface area contributed by atoms with Crippen LogP contribution in [0.2, 0.25) is 0 Å². The molecule has 2 heterocycles. The minimum atomic E-state index is -1.22. The SMILES string of the molecule is Cc1nc(CN2CC[C@H](O)[C@](Cc3ccccc3)(C(=O)O)C2)n[nH]1. The molecule has 1 saturated heterocycles. The lowest BCUT2D eigenvalue weighted by Crippen LogP contribution is -2.56. The van der Waals surface area contributed by atoms with Gasteiger partial charge in [0.05, 0.1) is 12.6 Å². The average Bonchev–Trinajstić information content (AvgIpc) is 2.96. The van der Waals surface area contributed by atoms with Gasteiger partial charge in [-0.2, -0.15) is 5.10 Å². The zero-order chi connectivity index (χ0) is 17.2. The molecule has 3 rings (SSSR count). The number of aromatic nitrogens is 3. The van der Waals surface area contributed by atoms with Crippen molar-refractivity contribution < 1.29 is 15.0 Å². The molecule has 1 aliphatic heterocycles. The summed E-state index contributed by atoms with van der Waals surface area (Å²) < 4.78 is 0. The summed E-state index contributed by atoms with van der Waals surface area (Å²) in [7, 11) is 0. The van der Waals surface area contributed by atoms with Crippen LogP contribution in [0.25, 0.3) is 0 Å². The Balaban J connectivity index is 1.81. The first kappa shape index (κ1) is 16.6. The van der Waals surface area contributed by atoms with Crippen LogP contribution < -0.4 is 0 Å².